The number of anilines is 1. The standard InChI is InChI=1S/C19H18N6O2S/c1-24-8-7-14(18(24)26)21-19-20-13-6-4-3-5-11(13)17-22-16(23-25(17)19)12-9-28-10-15(12)27-2/h3-6,9-10,14H,7-8H2,1-2H3,(H,20,21)/t14-/m1/s1. The number of nitrogens with zero attached hydrogens (tertiary/aromatic N) is 5. The SMILES string of the molecule is COc1cscc1-c1nc2c3ccccc3nc(N[C@@H]3CCN(C)C3=O)n2n1. The van der Waals surface area contributed by atoms with Crippen molar-refractivity contribution in [3.8, 4) is 17.1 Å². The van der Waals surface area contributed by atoms with Crippen molar-refractivity contribution in [2.24, 2.45) is 0 Å². The molecule has 1 aliphatic heterocycles. The second-order valence-corrected chi connectivity index (χ2v) is 7.47. The minimum atomic E-state index is -0.315. The molecule has 0 spiro atoms. The van der Waals surface area contributed by atoms with Crippen LogP contribution in [0.25, 0.3) is 27.9 Å². The number of methoxy groups -OCH3 is 1. The lowest BCUT2D eigenvalue weighted by Gasteiger charge is -2.14. The number of nitrogens with one attached hydrogen (secondary N) is 1. The number of amides is 1. The monoisotopic (exact) mass is 394 g/mol. The number of hydrogen-bond acceptors (Lipinski definition) is 7. The Balaban J connectivity index is 1.69. The van der Waals surface area contributed by atoms with Crippen molar-refractivity contribution < 1.29 is 9.53 Å². The van der Waals surface area contributed by atoms with E-state index >= 15 is 0 Å². The summed E-state index contributed by atoms with van der Waals surface area (Å²) in [7, 11) is 3.44. The Bertz CT molecular complexity index is 1200. The van der Waals surface area contributed by atoms with Crippen LogP contribution < -0.4 is 10.1 Å². The van der Waals surface area contributed by atoms with Gasteiger partial charge in [-0.25, -0.2) is 9.97 Å². The number of likely N-dealkylation sites (N-methyl/N-ethyl adjacent to an activating group) is 1. The quantitative estimate of drug-likeness (QED) is 0.573. The molecule has 3 aromatic heterocycles. The molecule has 1 fully saturated rings. The molecular weight excluding hydrogens is 376 g/mol. The zero-order valence-electron chi connectivity index (χ0n) is 15.4. The molecule has 4 heterocycles. The van der Waals surface area contributed by atoms with Gasteiger partial charge in [-0.3, -0.25) is 4.79 Å². The summed E-state index contributed by atoms with van der Waals surface area (Å²) >= 11 is 1.53. The van der Waals surface area contributed by atoms with Gasteiger partial charge in [-0.05, 0) is 18.6 Å². The summed E-state index contributed by atoms with van der Waals surface area (Å²) < 4.78 is 7.11. The molecule has 0 radical (unpaired) electrons. The van der Waals surface area contributed by atoms with Gasteiger partial charge < -0.3 is 15.0 Å². The van der Waals surface area contributed by atoms with Crippen molar-refractivity contribution in [2.75, 3.05) is 26.0 Å². The Morgan fingerprint density at radius 2 is 2.11 bits per heavy atom. The number of carbonyl (C=O) groups is 1. The Labute approximate surface area is 164 Å². The lowest BCUT2D eigenvalue weighted by molar-refractivity contribution is -0.127. The van der Waals surface area contributed by atoms with E-state index in [2.05, 4.69) is 10.4 Å². The van der Waals surface area contributed by atoms with E-state index in [-0.39, 0.29) is 11.9 Å². The third-order valence-electron chi connectivity index (χ3n) is 5.00. The number of benzene rings is 1. The number of para-hydroxylation sites is 1. The molecule has 0 saturated carbocycles. The molecule has 1 amide bonds. The van der Waals surface area contributed by atoms with Gasteiger partial charge in [-0.15, -0.1) is 16.4 Å². The summed E-state index contributed by atoms with van der Waals surface area (Å²) in [5.74, 6) is 1.87. The summed E-state index contributed by atoms with van der Waals surface area (Å²) in [6, 6.07) is 7.47. The molecule has 5 rings (SSSR count). The Morgan fingerprint density at radius 3 is 2.89 bits per heavy atom. The number of thiophene rings is 1. The average molecular weight is 394 g/mol. The number of fused-ring (bicyclic) bond motifs is 3. The summed E-state index contributed by atoms with van der Waals surface area (Å²) in [6.07, 6.45) is 0.727. The van der Waals surface area contributed by atoms with Crippen LogP contribution in [0.4, 0.5) is 5.95 Å². The van der Waals surface area contributed by atoms with E-state index < -0.39 is 0 Å². The first-order valence-corrected chi connectivity index (χ1v) is 9.87. The van der Waals surface area contributed by atoms with Gasteiger partial charge in [-0.1, -0.05) is 12.1 Å². The molecule has 0 bridgehead atoms. The number of aromatic nitrogens is 4. The maximum Gasteiger partial charge on any atom is 0.244 e. The number of likely N-dealkylation sites (tertiary alicyclic amines) is 1. The third kappa shape index (κ3) is 2.58. The lowest BCUT2D eigenvalue weighted by atomic mass is 10.2. The molecule has 1 saturated heterocycles. The fraction of sp³-hybridized carbons (Fsp3) is 0.263. The third-order valence-corrected chi connectivity index (χ3v) is 5.72. The minimum Gasteiger partial charge on any atom is -0.495 e. The average Bonchev–Trinajstić information content (AvgIpc) is 3.42. The van der Waals surface area contributed by atoms with Crippen LogP contribution >= 0.6 is 11.3 Å². The van der Waals surface area contributed by atoms with E-state index in [0.29, 0.717) is 17.4 Å². The van der Waals surface area contributed by atoms with E-state index in [4.69, 9.17) is 14.7 Å². The van der Waals surface area contributed by atoms with Gasteiger partial charge >= 0.3 is 0 Å². The second kappa shape index (κ2) is 6.45. The first kappa shape index (κ1) is 16.9. The van der Waals surface area contributed by atoms with Gasteiger partial charge in [-0.2, -0.15) is 4.52 Å². The first-order valence-electron chi connectivity index (χ1n) is 8.93. The van der Waals surface area contributed by atoms with Crippen LogP contribution in [-0.2, 0) is 4.79 Å². The highest BCUT2D eigenvalue weighted by Gasteiger charge is 2.30. The van der Waals surface area contributed by atoms with Gasteiger partial charge in [0.2, 0.25) is 11.9 Å². The zero-order valence-corrected chi connectivity index (χ0v) is 16.2. The largest absolute Gasteiger partial charge is 0.495 e. The van der Waals surface area contributed by atoms with Crippen molar-refractivity contribution >= 4 is 39.7 Å². The smallest absolute Gasteiger partial charge is 0.244 e. The molecule has 0 aliphatic carbocycles. The van der Waals surface area contributed by atoms with Crippen LogP contribution in [0.1, 0.15) is 6.42 Å². The van der Waals surface area contributed by atoms with Gasteiger partial charge in [0, 0.05) is 29.7 Å². The Kier molecular flexibility index (Phi) is 3.90. The van der Waals surface area contributed by atoms with Crippen molar-refractivity contribution in [3.05, 3.63) is 35.0 Å². The number of ether oxygens (including phenoxy) is 1. The summed E-state index contributed by atoms with van der Waals surface area (Å²) in [5.41, 5.74) is 2.32. The van der Waals surface area contributed by atoms with Gasteiger partial charge in [0.1, 0.15) is 11.8 Å². The minimum absolute atomic E-state index is 0.0583. The fourth-order valence-corrected chi connectivity index (χ4v) is 4.25. The maximum atomic E-state index is 12.4. The lowest BCUT2D eigenvalue weighted by Crippen LogP contribution is -2.32. The summed E-state index contributed by atoms with van der Waals surface area (Å²) in [6.45, 7) is 0.724. The van der Waals surface area contributed by atoms with Crippen LogP contribution in [0.15, 0.2) is 35.0 Å². The molecule has 0 unspecified atom stereocenters. The van der Waals surface area contributed by atoms with E-state index in [9.17, 15) is 4.79 Å². The number of carbonyl (C=O) groups excluding carboxylic acids is 1. The fourth-order valence-electron chi connectivity index (χ4n) is 3.48. The normalized spacial score (nSPS) is 17.0. The maximum absolute atomic E-state index is 12.4. The van der Waals surface area contributed by atoms with E-state index in [1.54, 1.807) is 16.5 Å². The van der Waals surface area contributed by atoms with Crippen LogP contribution in [-0.4, -0.2) is 57.1 Å². The highest BCUT2D eigenvalue weighted by atomic mass is 32.1. The Morgan fingerprint density at radius 1 is 1.25 bits per heavy atom. The zero-order chi connectivity index (χ0) is 19.3. The van der Waals surface area contributed by atoms with Crippen LogP contribution in [0.5, 0.6) is 5.75 Å². The molecule has 4 aromatic rings. The molecule has 1 N–H and O–H groups in total. The van der Waals surface area contributed by atoms with E-state index in [0.717, 1.165) is 35.2 Å². The van der Waals surface area contributed by atoms with E-state index in [1.165, 1.54) is 11.3 Å². The van der Waals surface area contributed by atoms with Gasteiger partial charge in [0.15, 0.2) is 11.5 Å². The number of hydrogen-bond donors (Lipinski definition) is 1. The predicted molar refractivity (Wildman–Crippen MR) is 108 cm³/mol. The molecule has 8 nitrogen and oxygen atoms in total. The molecular formula is C19H18N6O2S. The van der Waals surface area contributed by atoms with Crippen molar-refractivity contribution in [3.63, 3.8) is 0 Å². The molecule has 1 aliphatic rings. The summed E-state index contributed by atoms with van der Waals surface area (Å²) in [4.78, 5) is 23.6. The molecule has 142 valence electrons. The second-order valence-electron chi connectivity index (χ2n) is 6.72. The van der Waals surface area contributed by atoms with Crippen LogP contribution in [0, 0.1) is 0 Å². The van der Waals surface area contributed by atoms with Gasteiger partial charge in [0.05, 0.1) is 18.2 Å². The van der Waals surface area contributed by atoms with Crippen LogP contribution in [0.3, 0.4) is 0 Å². The highest BCUT2D eigenvalue weighted by molar-refractivity contribution is 7.08. The highest BCUT2D eigenvalue weighted by Crippen LogP contribution is 2.33. The summed E-state index contributed by atoms with van der Waals surface area (Å²) in [5, 5.41) is 12.7. The predicted octanol–water partition coefficient (Wildman–Crippen LogP) is 2.66. The van der Waals surface area contributed by atoms with Crippen molar-refractivity contribution in [2.45, 2.75) is 12.5 Å². The molecule has 9 heteroatoms. The molecule has 1 atom stereocenters. The molecule has 28 heavy (non-hydrogen) atoms. The van der Waals surface area contributed by atoms with E-state index in [1.807, 2.05) is 42.1 Å². The van der Waals surface area contributed by atoms with Crippen LogP contribution in [0.2, 0.25) is 0 Å². The molecule has 1 aromatic carbocycles. The number of rotatable bonds is 4. The first-order chi connectivity index (χ1) is 13.7. The van der Waals surface area contributed by atoms with Crippen molar-refractivity contribution in [1.29, 1.82) is 0 Å². The topological polar surface area (TPSA) is 84.7 Å². The van der Waals surface area contributed by atoms with Gasteiger partial charge in [0.25, 0.3) is 0 Å². The Hall–Kier alpha value is -3.20. The van der Waals surface area contributed by atoms with Crippen molar-refractivity contribution in [1.82, 2.24) is 24.5 Å².